The monoisotopic (exact) mass is 378 g/mol. The van der Waals surface area contributed by atoms with E-state index in [9.17, 15) is 9.90 Å². The van der Waals surface area contributed by atoms with Crippen LogP contribution >= 0.6 is 15.9 Å². The normalized spacial score (nSPS) is 10.6. The molecule has 0 aliphatic carbocycles. The quantitative estimate of drug-likeness (QED) is 0.619. The van der Waals surface area contributed by atoms with Crippen LogP contribution in [0, 0.1) is 0 Å². The van der Waals surface area contributed by atoms with E-state index >= 15 is 0 Å². The standard InChI is InChI=1S/C16H15BrN2O4/c1-22-11-4-5-13(17)12(8-11)16(21)19-18-9-10-3-6-14(20)15(7-10)23-2/h3-9,20H,1-2H3,(H,19,21)/b18-9-. The van der Waals surface area contributed by atoms with Crippen LogP contribution in [0.1, 0.15) is 15.9 Å². The molecule has 2 N–H and O–H groups in total. The lowest BCUT2D eigenvalue weighted by Crippen LogP contribution is -2.18. The van der Waals surface area contributed by atoms with Crippen LogP contribution in [0.5, 0.6) is 17.2 Å². The highest BCUT2D eigenvalue weighted by Crippen LogP contribution is 2.25. The van der Waals surface area contributed by atoms with Gasteiger partial charge < -0.3 is 14.6 Å². The number of carbonyl (C=O) groups is 1. The molecule has 0 aliphatic rings. The average Bonchev–Trinajstić information content (AvgIpc) is 2.56. The predicted molar refractivity (Wildman–Crippen MR) is 90.4 cm³/mol. The third-order valence-electron chi connectivity index (χ3n) is 3.00. The van der Waals surface area contributed by atoms with Crippen molar-refractivity contribution in [3.63, 3.8) is 0 Å². The molecule has 0 aromatic heterocycles. The molecule has 0 atom stereocenters. The number of methoxy groups -OCH3 is 2. The van der Waals surface area contributed by atoms with Crippen LogP contribution in [0.25, 0.3) is 0 Å². The first-order valence-electron chi connectivity index (χ1n) is 6.59. The second-order valence-corrected chi connectivity index (χ2v) is 5.33. The summed E-state index contributed by atoms with van der Waals surface area (Å²) in [5.74, 6) is 0.563. The van der Waals surface area contributed by atoms with Gasteiger partial charge >= 0.3 is 0 Å². The van der Waals surface area contributed by atoms with Gasteiger partial charge in [-0.05, 0) is 57.9 Å². The molecule has 7 heteroatoms. The van der Waals surface area contributed by atoms with Gasteiger partial charge in [-0.2, -0.15) is 5.10 Å². The Kier molecular flexibility index (Phi) is 5.59. The smallest absolute Gasteiger partial charge is 0.272 e. The predicted octanol–water partition coefficient (Wildman–Crippen LogP) is 2.94. The minimum absolute atomic E-state index is 0.0361. The van der Waals surface area contributed by atoms with Gasteiger partial charge in [0.25, 0.3) is 5.91 Å². The van der Waals surface area contributed by atoms with E-state index in [-0.39, 0.29) is 11.7 Å². The third-order valence-corrected chi connectivity index (χ3v) is 3.69. The summed E-state index contributed by atoms with van der Waals surface area (Å²) in [5, 5.41) is 13.4. The summed E-state index contributed by atoms with van der Waals surface area (Å²) < 4.78 is 10.7. The number of nitrogens with one attached hydrogen (secondary N) is 1. The molecular formula is C16H15BrN2O4. The molecule has 2 aromatic rings. The summed E-state index contributed by atoms with van der Waals surface area (Å²) in [6, 6.07) is 9.82. The lowest BCUT2D eigenvalue weighted by molar-refractivity contribution is 0.0954. The number of hydrazone groups is 1. The van der Waals surface area contributed by atoms with Crippen LogP contribution in [0.15, 0.2) is 46.0 Å². The van der Waals surface area contributed by atoms with E-state index in [1.54, 1.807) is 30.3 Å². The molecule has 0 fully saturated rings. The van der Waals surface area contributed by atoms with Crippen molar-refractivity contribution in [2.24, 2.45) is 5.10 Å². The number of nitrogens with zero attached hydrogens (tertiary/aromatic N) is 1. The number of ether oxygens (including phenoxy) is 2. The van der Waals surface area contributed by atoms with Crippen molar-refractivity contribution in [1.82, 2.24) is 5.43 Å². The van der Waals surface area contributed by atoms with E-state index in [0.29, 0.717) is 27.1 Å². The molecule has 0 unspecified atom stereocenters. The van der Waals surface area contributed by atoms with Gasteiger partial charge in [-0.25, -0.2) is 5.43 Å². The molecular weight excluding hydrogens is 364 g/mol. The highest BCUT2D eigenvalue weighted by Gasteiger charge is 2.10. The fraction of sp³-hybridized carbons (Fsp3) is 0.125. The maximum Gasteiger partial charge on any atom is 0.272 e. The SMILES string of the molecule is COc1ccc(Br)c(C(=O)N/N=C\c2ccc(O)c(OC)c2)c1. The van der Waals surface area contributed by atoms with Crippen LogP contribution in [0.2, 0.25) is 0 Å². The van der Waals surface area contributed by atoms with Crippen molar-refractivity contribution in [2.75, 3.05) is 14.2 Å². The number of aromatic hydroxyl groups is 1. The molecule has 2 aromatic carbocycles. The first-order chi connectivity index (χ1) is 11.0. The highest BCUT2D eigenvalue weighted by atomic mass is 79.9. The number of hydrogen-bond acceptors (Lipinski definition) is 5. The zero-order valence-corrected chi connectivity index (χ0v) is 14.1. The van der Waals surface area contributed by atoms with Crippen molar-refractivity contribution in [2.45, 2.75) is 0 Å². The van der Waals surface area contributed by atoms with Gasteiger partial charge in [0, 0.05) is 4.47 Å². The van der Waals surface area contributed by atoms with Gasteiger partial charge in [-0.3, -0.25) is 4.79 Å². The number of rotatable bonds is 5. The maximum absolute atomic E-state index is 12.1. The molecule has 0 saturated heterocycles. The molecule has 0 aliphatic heterocycles. The molecule has 0 heterocycles. The lowest BCUT2D eigenvalue weighted by atomic mass is 10.2. The Morgan fingerprint density at radius 1 is 1.22 bits per heavy atom. The van der Waals surface area contributed by atoms with E-state index in [0.717, 1.165) is 0 Å². The molecule has 120 valence electrons. The highest BCUT2D eigenvalue weighted by molar-refractivity contribution is 9.10. The number of phenolic OH excluding ortho intramolecular Hbond substituents is 1. The molecule has 0 saturated carbocycles. The zero-order valence-electron chi connectivity index (χ0n) is 12.5. The van der Waals surface area contributed by atoms with Gasteiger partial charge in [0.15, 0.2) is 11.5 Å². The second-order valence-electron chi connectivity index (χ2n) is 4.48. The fourth-order valence-corrected chi connectivity index (χ4v) is 2.23. The molecule has 2 rings (SSSR count). The Morgan fingerprint density at radius 3 is 2.70 bits per heavy atom. The van der Waals surface area contributed by atoms with Gasteiger partial charge in [0.2, 0.25) is 0 Å². The van der Waals surface area contributed by atoms with E-state index in [1.807, 2.05) is 0 Å². The number of carbonyl (C=O) groups excluding carboxylic acids is 1. The number of hydrogen-bond donors (Lipinski definition) is 2. The third kappa shape index (κ3) is 4.23. The van der Waals surface area contributed by atoms with Crippen LogP contribution in [-0.4, -0.2) is 31.4 Å². The fourth-order valence-electron chi connectivity index (χ4n) is 1.81. The Balaban J connectivity index is 2.09. The molecule has 0 spiro atoms. The van der Waals surface area contributed by atoms with Gasteiger partial charge in [-0.15, -0.1) is 0 Å². The zero-order chi connectivity index (χ0) is 16.8. The van der Waals surface area contributed by atoms with Crippen molar-refractivity contribution >= 4 is 28.1 Å². The van der Waals surface area contributed by atoms with Crippen molar-refractivity contribution in [1.29, 1.82) is 0 Å². The van der Waals surface area contributed by atoms with Crippen molar-refractivity contribution in [3.05, 3.63) is 52.0 Å². The molecule has 1 amide bonds. The van der Waals surface area contributed by atoms with E-state index in [4.69, 9.17) is 9.47 Å². The van der Waals surface area contributed by atoms with Gasteiger partial charge in [0.05, 0.1) is 26.0 Å². The Hall–Kier alpha value is -2.54. The summed E-state index contributed by atoms with van der Waals surface area (Å²) in [5.41, 5.74) is 3.51. The summed E-state index contributed by atoms with van der Waals surface area (Å²) in [6.07, 6.45) is 1.45. The summed E-state index contributed by atoms with van der Waals surface area (Å²) in [7, 11) is 2.99. The van der Waals surface area contributed by atoms with E-state index < -0.39 is 0 Å². The van der Waals surface area contributed by atoms with Crippen molar-refractivity contribution < 1.29 is 19.4 Å². The molecule has 0 bridgehead atoms. The number of halogens is 1. The first kappa shape index (κ1) is 16.8. The topological polar surface area (TPSA) is 80.2 Å². The molecule has 6 nitrogen and oxygen atoms in total. The minimum atomic E-state index is -0.377. The average molecular weight is 379 g/mol. The number of benzene rings is 2. The van der Waals surface area contributed by atoms with Crippen LogP contribution in [0.4, 0.5) is 0 Å². The second kappa shape index (κ2) is 7.64. The van der Waals surface area contributed by atoms with Crippen molar-refractivity contribution in [3.8, 4) is 17.2 Å². The van der Waals surface area contributed by atoms with E-state index in [1.165, 1.54) is 26.5 Å². The van der Waals surface area contributed by atoms with Gasteiger partial charge in [0.1, 0.15) is 5.75 Å². The largest absolute Gasteiger partial charge is 0.504 e. The Morgan fingerprint density at radius 2 is 2.00 bits per heavy atom. The lowest BCUT2D eigenvalue weighted by Gasteiger charge is -2.06. The number of phenols is 1. The molecule has 0 radical (unpaired) electrons. The summed E-state index contributed by atoms with van der Waals surface area (Å²) in [6.45, 7) is 0. The Bertz CT molecular complexity index is 747. The van der Waals surface area contributed by atoms with Gasteiger partial charge in [-0.1, -0.05) is 0 Å². The summed E-state index contributed by atoms with van der Waals surface area (Å²) >= 11 is 3.31. The number of amides is 1. The minimum Gasteiger partial charge on any atom is -0.504 e. The maximum atomic E-state index is 12.1. The summed E-state index contributed by atoms with van der Waals surface area (Å²) in [4.78, 5) is 12.1. The molecule has 23 heavy (non-hydrogen) atoms. The van der Waals surface area contributed by atoms with Crippen LogP contribution < -0.4 is 14.9 Å². The van der Waals surface area contributed by atoms with E-state index in [2.05, 4.69) is 26.5 Å². The van der Waals surface area contributed by atoms with Crippen LogP contribution in [0.3, 0.4) is 0 Å². The Labute approximate surface area is 141 Å². The first-order valence-corrected chi connectivity index (χ1v) is 7.38. The van der Waals surface area contributed by atoms with Crippen LogP contribution in [-0.2, 0) is 0 Å².